The van der Waals surface area contributed by atoms with Crippen LogP contribution in [-0.2, 0) is 21.4 Å². The number of piperazine rings is 1. The number of nitrogens with zero attached hydrogens (tertiary/aromatic N) is 7. The Labute approximate surface area is 385 Å². The molecule has 1 aliphatic carbocycles. The summed E-state index contributed by atoms with van der Waals surface area (Å²) in [5, 5.41) is 26.3. The van der Waals surface area contributed by atoms with E-state index in [4.69, 9.17) is 16.1 Å². The van der Waals surface area contributed by atoms with Gasteiger partial charge >= 0.3 is 6.01 Å². The molecule has 2 amide bonds. The molecule has 0 radical (unpaired) electrons. The van der Waals surface area contributed by atoms with Crippen LogP contribution in [0.2, 0.25) is 0 Å². The highest BCUT2D eigenvalue weighted by Gasteiger charge is 2.45. The summed E-state index contributed by atoms with van der Waals surface area (Å²) in [6, 6.07) is 12.2. The lowest BCUT2D eigenvalue weighted by atomic mass is 9.93. The zero-order chi connectivity index (χ0) is 46.6. The van der Waals surface area contributed by atoms with Crippen LogP contribution in [0.4, 0.5) is 20.3 Å². The van der Waals surface area contributed by atoms with Crippen molar-refractivity contribution in [1.29, 1.82) is 0 Å². The summed E-state index contributed by atoms with van der Waals surface area (Å²) in [5.74, 6) is 0.816. The number of anilines is 2. The highest BCUT2D eigenvalue weighted by molar-refractivity contribution is 6.04. The summed E-state index contributed by atoms with van der Waals surface area (Å²) >= 11 is 0. The zero-order valence-electron chi connectivity index (χ0n) is 37.4. The molecule has 3 unspecified atom stereocenters. The number of piperidine rings is 2. The van der Waals surface area contributed by atoms with Crippen LogP contribution in [0.3, 0.4) is 0 Å². The third-order valence-electron chi connectivity index (χ3n) is 14.2. The first kappa shape index (κ1) is 44.1. The zero-order valence-corrected chi connectivity index (χ0v) is 37.4. The van der Waals surface area contributed by atoms with Gasteiger partial charge in [-0.2, -0.15) is 15.1 Å². The molecular formula is C50H52F2N10O5. The van der Waals surface area contributed by atoms with Gasteiger partial charge in [0.05, 0.1) is 34.7 Å². The fourth-order valence-corrected chi connectivity index (χ4v) is 10.4. The molecule has 346 valence electrons. The van der Waals surface area contributed by atoms with Crippen LogP contribution >= 0.6 is 0 Å². The third kappa shape index (κ3) is 8.60. The Morgan fingerprint density at radius 2 is 1.79 bits per heavy atom. The van der Waals surface area contributed by atoms with Gasteiger partial charge in [-0.05, 0) is 99.8 Å². The molecule has 3 aromatic carbocycles. The molecule has 6 aromatic rings. The number of pyridine rings is 1. The summed E-state index contributed by atoms with van der Waals surface area (Å²) in [7, 11) is 3.72. The normalized spacial score (nSPS) is 21.5. The average Bonchev–Trinajstić information content (AvgIpc) is 3.91. The predicted molar refractivity (Wildman–Crippen MR) is 250 cm³/mol. The number of aromatic hydroxyl groups is 1. The molecule has 17 heteroatoms. The van der Waals surface area contributed by atoms with Crippen LogP contribution in [0.15, 0.2) is 48.7 Å². The third-order valence-corrected chi connectivity index (χ3v) is 14.2. The lowest BCUT2D eigenvalue weighted by Gasteiger charge is -2.34. The lowest BCUT2D eigenvalue weighted by Crippen LogP contribution is -2.51. The monoisotopic (exact) mass is 910 g/mol. The van der Waals surface area contributed by atoms with Gasteiger partial charge in [-0.3, -0.25) is 24.6 Å². The van der Waals surface area contributed by atoms with Gasteiger partial charge in [0.2, 0.25) is 11.8 Å². The quantitative estimate of drug-likeness (QED) is 0.0720. The van der Waals surface area contributed by atoms with Gasteiger partial charge in [0.25, 0.3) is 0 Å². The largest absolute Gasteiger partial charge is 0.508 e. The summed E-state index contributed by atoms with van der Waals surface area (Å²) in [4.78, 5) is 53.0. The van der Waals surface area contributed by atoms with Gasteiger partial charge in [0, 0.05) is 91.8 Å². The van der Waals surface area contributed by atoms with Crippen LogP contribution in [0.1, 0.15) is 68.5 Å². The fourth-order valence-electron chi connectivity index (χ4n) is 10.4. The molecule has 3 aromatic heterocycles. The number of rotatable bonds is 10. The first-order valence-corrected chi connectivity index (χ1v) is 23.0. The molecule has 4 N–H and O–H groups in total. The first-order valence-electron chi connectivity index (χ1n) is 23.0. The number of aldehydes is 1. The number of phenols is 1. The SMILES string of the molecule is C#Cc1c(F)ccc2cc(O)cc(-c3ncc4c(N5CC6CCC(C5)N6)nc(OCC5(CN6CCC(C=O)CC6)CC5)nc4c3F)c12.CNc1ccc2c(C3CCC(=O)NC3=O)nn(C)c2c1. The van der Waals surface area contributed by atoms with Crippen molar-refractivity contribution in [3.05, 3.63) is 71.6 Å². The van der Waals surface area contributed by atoms with E-state index < -0.39 is 11.6 Å². The second-order valence-corrected chi connectivity index (χ2v) is 18.7. The number of ether oxygens (including phenoxy) is 1. The topological polar surface area (TPSA) is 180 Å². The van der Waals surface area contributed by atoms with E-state index in [-0.39, 0.29) is 68.5 Å². The van der Waals surface area contributed by atoms with E-state index in [9.17, 15) is 23.9 Å². The number of hydrogen-bond donors (Lipinski definition) is 4. The van der Waals surface area contributed by atoms with Crippen molar-refractivity contribution in [2.24, 2.45) is 18.4 Å². The summed E-state index contributed by atoms with van der Waals surface area (Å²) < 4.78 is 39.7. The van der Waals surface area contributed by atoms with Crippen LogP contribution in [0.5, 0.6) is 11.8 Å². The molecule has 67 heavy (non-hydrogen) atoms. The molecule has 3 atom stereocenters. The molecule has 0 spiro atoms. The van der Waals surface area contributed by atoms with Crippen molar-refractivity contribution < 1.29 is 33.0 Å². The molecule has 2 bridgehead atoms. The standard InChI is InChI=1S/C36H36F2N6O3.C14H16N4O2/c1-2-26-29(37)6-3-22-13-25(46)14-27(30(22)26)32-31(38)33-28(15-39-32)34(44-16-23-4-5-24(17-44)40-23)42-35(41-33)47-20-36(9-10-36)19-43-11-7-21(18-45)8-12-43;1-15-8-3-4-9-11(7-8)18(2)17-13(9)10-5-6-12(19)16-14(10)20/h1,3,6,13-15,18,21,23-24,40,46H,4-5,7-12,16-17,19-20H2;3-4,7,10,15H,5-6H2,1-2H3,(H,16,19,20). The Morgan fingerprint density at radius 1 is 1.01 bits per heavy atom. The molecule has 4 saturated heterocycles. The van der Waals surface area contributed by atoms with E-state index in [1.165, 1.54) is 24.3 Å². The van der Waals surface area contributed by atoms with Crippen molar-refractivity contribution in [2.75, 3.05) is 56.6 Å². The Hall–Kier alpha value is -6.77. The lowest BCUT2D eigenvalue weighted by molar-refractivity contribution is -0.134. The van der Waals surface area contributed by atoms with E-state index in [1.807, 2.05) is 32.3 Å². The van der Waals surface area contributed by atoms with E-state index in [1.54, 1.807) is 10.9 Å². The smallest absolute Gasteiger partial charge is 0.319 e. The molecule has 11 rings (SSSR count). The molecule has 7 heterocycles. The van der Waals surface area contributed by atoms with Crippen LogP contribution < -0.4 is 25.6 Å². The second kappa shape index (κ2) is 17.8. The number of imide groups is 1. The Balaban J connectivity index is 0.000000219. The van der Waals surface area contributed by atoms with Gasteiger partial charge in [0.1, 0.15) is 34.9 Å². The van der Waals surface area contributed by atoms with Crippen molar-refractivity contribution in [1.82, 2.24) is 40.3 Å². The number of nitrogens with one attached hydrogen (secondary N) is 3. The first-order chi connectivity index (χ1) is 32.4. The Bertz CT molecular complexity index is 2980. The molecular weight excluding hydrogens is 859 g/mol. The highest BCUT2D eigenvalue weighted by atomic mass is 19.1. The number of benzene rings is 3. The number of aryl methyl sites for hydroxylation is 1. The fraction of sp³-hybridized carbons (Fsp3) is 0.420. The number of terminal acetylenes is 1. The molecule has 1 saturated carbocycles. The summed E-state index contributed by atoms with van der Waals surface area (Å²) in [6.07, 6.45) is 15.1. The molecule has 4 aliphatic heterocycles. The molecule has 15 nitrogen and oxygen atoms in total. The highest BCUT2D eigenvalue weighted by Crippen LogP contribution is 2.47. The summed E-state index contributed by atoms with van der Waals surface area (Å²) in [6.45, 7) is 4.50. The number of halogens is 2. The molecule has 5 fully saturated rings. The van der Waals surface area contributed by atoms with Crippen molar-refractivity contribution in [2.45, 2.75) is 69.4 Å². The number of fused-ring (bicyclic) bond motifs is 5. The number of hydrogen-bond acceptors (Lipinski definition) is 13. The van der Waals surface area contributed by atoms with Crippen LogP contribution in [-0.4, -0.2) is 111 Å². The second-order valence-electron chi connectivity index (χ2n) is 18.7. The number of carbonyl (C=O) groups is 3. The van der Waals surface area contributed by atoms with Gasteiger partial charge in [-0.1, -0.05) is 12.0 Å². The number of aromatic nitrogens is 5. The van der Waals surface area contributed by atoms with Crippen molar-refractivity contribution in [3.8, 4) is 35.4 Å². The average molecular weight is 911 g/mol. The predicted octanol–water partition coefficient (Wildman–Crippen LogP) is 5.96. The van der Waals surface area contributed by atoms with Gasteiger partial charge in [-0.15, -0.1) is 6.42 Å². The van der Waals surface area contributed by atoms with E-state index >= 15 is 4.39 Å². The van der Waals surface area contributed by atoms with E-state index in [0.29, 0.717) is 61.2 Å². The minimum atomic E-state index is -0.729. The minimum Gasteiger partial charge on any atom is -0.508 e. The van der Waals surface area contributed by atoms with Gasteiger partial charge < -0.3 is 35.1 Å². The Morgan fingerprint density at radius 3 is 2.49 bits per heavy atom. The number of carbonyl (C=O) groups excluding carboxylic acids is 3. The van der Waals surface area contributed by atoms with Crippen LogP contribution in [0.25, 0.3) is 43.8 Å². The maximum Gasteiger partial charge on any atom is 0.319 e. The maximum atomic E-state index is 16.8. The number of phenolic OH excluding ortho intramolecular Hbond substituents is 1. The molecule has 5 aliphatic rings. The Kier molecular flexibility index (Phi) is 11.7. The maximum absolute atomic E-state index is 16.8. The summed E-state index contributed by atoms with van der Waals surface area (Å²) in [5.41, 5.74) is 2.75. The van der Waals surface area contributed by atoms with Crippen LogP contribution in [0, 0.1) is 35.3 Å². The number of likely N-dealkylation sites (tertiary alicyclic amines) is 1. The van der Waals surface area contributed by atoms with Crippen molar-refractivity contribution in [3.63, 3.8) is 0 Å². The van der Waals surface area contributed by atoms with E-state index in [2.05, 4.69) is 46.7 Å². The number of amides is 2. The minimum absolute atomic E-state index is 0.0290. The van der Waals surface area contributed by atoms with Gasteiger partial charge in [-0.25, -0.2) is 8.78 Å². The van der Waals surface area contributed by atoms with Gasteiger partial charge in [0.15, 0.2) is 5.82 Å². The van der Waals surface area contributed by atoms with Crippen molar-refractivity contribution >= 4 is 62.2 Å². The van der Waals surface area contributed by atoms with E-state index in [0.717, 1.165) is 86.7 Å².